The van der Waals surface area contributed by atoms with Gasteiger partial charge in [-0.05, 0) is 50.6 Å². The van der Waals surface area contributed by atoms with Gasteiger partial charge < -0.3 is 29.2 Å². The number of halogens is 2. The summed E-state index contributed by atoms with van der Waals surface area (Å²) < 4.78 is 43.5. The molecule has 0 spiro atoms. The summed E-state index contributed by atoms with van der Waals surface area (Å²) in [4.78, 5) is 50.0. The maximum absolute atomic E-state index is 15.1. The number of hydrogen-bond donors (Lipinski definition) is 1. The molecule has 53 heavy (non-hydrogen) atoms. The SMILES string of the molecule is CCOC(=O)c1nc(N2C[C@@H]3C[C@H]2C(=O)N(C)CC(OC)Cn2c(C)nc4cccc(c42)-c2cccc(n2)N3)c2cnn(-c3ccc(F)cc3F)c2n1. The van der Waals surface area contributed by atoms with E-state index in [-0.39, 0.29) is 54.6 Å². The Hall–Kier alpha value is -6.03. The largest absolute Gasteiger partial charge is 0.460 e. The number of nitrogens with one attached hydrogen (secondary N) is 1. The van der Waals surface area contributed by atoms with Gasteiger partial charge in [-0.15, -0.1) is 0 Å². The summed E-state index contributed by atoms with van der Waals surface area (Å²) in [7, 11) is 3.35. The highest BCUT2D eigenvalue weighted by Gasteiger charge is 2.41. The van der Waals surface area contributed by atoms with Gasteiger partial charge in [-0.2, -0.15) is 5.10 Å². The zero-order chi connectivity index (χ0) is 37.0. The van der Waals surface area contributed by atoms with Crippen molar-refractivity contribution in [2.24, 2.45) is 0 Å². The van der Waals surface area contributed by atoms with Gasteiger partial charge in [0.2, 0.25) is 11.7 Å². The molecule has 1 unspecified atom stereocenters. The number of ether oxygens (including phenoxy) is 2. The normalized spacial score (nSPS) is 19.0. The van der Waals surface area contributed by atoms with E-state index in [1.165, 1.54) is 16.9 Å². The number of carbonyl (C=O) groups excluding carboxylic acids is 2. The van der Waals surface area contributed by atoms with Crippen molar-refractivity contribution in [3.8, 4) is 16.9 Å². The van der Waals surface area contributed by atoms with E-state index in [1.54, 1.807) is 26.0 Å². The monoisotopic (exact) mass is 722 g/mol. The number of esters is 1. The number of imidazole rings is 1. The van der Waals surface area contributed by atoms with Crippen molar-refractivity contribution in [1.82, 2.24) is 39.2 Å². The van der Waals surface area contributed by atoms with Gasteiger partial charge in [0.1, 0.15) is 35.0 Å². The van der Waals surface area contributed by atoms with Crippen LogP contribution in [0.4, 0.5) is 20.4 Å². The number of aromatic nitrogens is 7. The Balaban J connectivity index is 1.26. The quantitative estimate of drug-likeness (QED) is 0.251. The van der Waals surface area contributed by atoms with E-state index in [4.69, 9.17) is 19.4 Å². The van der Waals surface area contributed by atoms with Crippen molar-refractivity contribution in [2.45, 2.75) is 45.0 Å². The number of pyridine rings is 1. The Kier molecular flexibility index (Phi) is 8.68. The highest BCUT2D eigenvalue weighted by molar-refractivity contribution is 5.96. The minimum atomic E-state index is -0.877. The lowest BCUT2D eigenvalue weighted by Gasteiger charge is -2.31. The molecule has 6 heterocycles. The Labute approximate surface area is 302 Å². The maximum atomic E-state index is 15.1. The molecule has 2 aliphatic rings. The Morgan fingerprint density at radius 3 is 2.64 bits per heavy atom. The third kappa shape index (κ3) is 6.07. The Morgan fingerprint density at radius 1 is 1.02 bits per heavy atom. The number of fused-ring (bicyclic) bond motifs is 6. The number of amides is 1. The summed E-state index contributed by atoms with van der Waals surface area (Å²) in [5.41, 5.74) is 3.43. The first-order chi connectivity index (χ1) is 25.6. The molecule has 1 amide bonds. The molecule has 272 valence electrons. The van der Waals surface area contributed by atoms with Gasteiger partial charge in [0.05, 0.1) is 47.6 Å². The topological polar surface area (TPSA) is 145 Å². The molecule has 1 N–H and O–H groups in total. The number of likely N-dealkylation sites (N-methyl/N-ethyl adjacent to an activating group) is 1. The number of anilines is 2. The summed E-state index contributed by atoms with van der Waals surface area (Å²) in [6, 6.07) is 13.7. The molecule has 6 aromatic rings. The number of nitrogens with zero attached hydrogens (tertiary/aromatic N) is 9. The van der Waals surface area contributed by atoms with Crippen LogP contribution in [-0.4, -0.2) is 103 Å². The van der Waals surface area contributed by atoms with E-state index >= 15 is 4.39 Å². The van der Waals surface area contributed by atoms with Crippen molar-refractivity contribution in [3.05, 3.63) is 84.1 Å². The van der Waals surface area contributed by atoms with Crippen molar-refractivity contribution >= 4 is 45.6 Å². The summed E-state index contributed by atoms with van der Waals surface area (Å²) in [5, 5.41) is 8.26. The number of hydrogen-bond acceptors (Lipinski definition) is 11. The second-order valence-electron chi connectivity index (χ2n) is 13.2. The number of methoxy groups -OCH3 is 1. The van der Waals surface area contributed by atoms with Crippen LogP contribution in [0.25, 0.3) is 39.0 Å². The molecule has 4 bridgehead atoms. The van der Waals surface area contributed by atoms with Crippen LogP contribution in [-0.2, 0) is 20.8 Å². The third-order valence-electron chi connectivity index (χ3n) is 9.77. The number of aryl methyl sites for hydroxylation is 1. The maximum Gasteiger partial charge on any atom is 0.376 e. The van der Waals surface area contributed by atoms with Gasteiger partial charge in [0.25, 0.3) is 0 Å². The highest BCUT2D eigenvalue weighted by atomic mass is 19.1. The Bertz CT molecular complexity index is 2400. The summed E-state index contributed by atoms with van der Waals surface area (Å²) in [6.45, 7) is 4.63. The average molecular weight is 723 g/mol. The predicted octanol–water partition coefficient (Wildman–Crippen LogP) is 4.54. The molecule has 0 radical (unpaired) electrons. The molecule has 4 aromatic heterocycles. The molecule has 0 saturated carbocycles. The minimum absolute atomic E-state index is 0.0599. The summed E-state index contributed by atoms with van der Waals surface area (Å²) in [5.74, 6) is -1.30. The first-order valence-electron chi connectivity index (χ1n) is 17.3. The minimum Gasteiger partial charge on any atom is -0.460 e. The van der Waals surface area contributed by atoms with Gasteiger partial charge in [0, 0.05) is 44.9 Å². The smallest absolute Gasteiger partial charge is 0.376 e. The second kappa shape index (κ2) is 13.5. The van der Waals surface area contributed by atoms with Crippen LogP contribution in [0.2, 0.25) is 0 Å². The Morgan fingerprint density at radius 2 is 1.85 bits per heavy atom. The fourth-order valence-electron chi connectivity index (χ4n) is 7.30. The summed E-state index contributed by atoms with van der Waals surface area (Å²) >= 11 is 0. The standard InChI is InChI=1S/C37H36F2N10O4/c1-5-53-37(51)33-44-34(25-16-40-49(35(25)45-33)29-13-12-21(38)14-26(29)39)48-17-22-15-30(48)36(50)46(3)18-23(52-4)19-47-20(2)41-28-10-6-8-24(32(28)47)27-9-7-11-31(42-22)43-27/h6-14,16,22-23,30H,5,15,17-19H2,1-4H3,(H,42,43)/t22-,23?,30-/m0/s1. The molecule has 1 fully saturated rings. The van der Waals surface area contributed by atoms with Gasteiger partial charge >= 0.3 is 5.97 Å². The van der Waals surface area contributed by atoms with Crippen molar-refractivity contribution in [3.63, 3.8) is 0 Å². The highest BCUT2D eigenvalue weighted by Crippen LogP contribution is 2.35. The van der Waals surface area contributed by atoms with Crippen LogP contribution in [0.1, 0.15) is 29.8 Å². The fourth-order valence-corrected chi connectivity index (χ4v) is 7.30. The molecule has 2 aliphatic heterocycles. The zero-order valence-corrected chi connectivity index (χ0v) is 29.5. The van der Waals surface area contributed by atoms with E-state index in [0.29, 0.717) is 24.2 Å². The van der Waals surface area contributed by atoms with Crippen molar-refractivity contribution in [1.29, 1.82) is 0 Å². The van der Waals surface area contributed by atoms with Gasteiger partial charge in [0.15, 0.2) is 11.5 Å². The second-order valence-corrected chi connectivity index (χ2v) is 13.2. The van der Waals surface area contributed by atoms with Crippen LogP contribution in [0.3, 0.4) is 0 Å². The number of carbonyl (C=O) groups is 2. The molecular formula is C37H36F2N10O4. The fraction of sp³-hybridized carbons (Fsp3) is 0.324. The van der Waals surface area contributed by atoms with Crippen LogP contribution in [0.15, 0.2) is 60.8 Å². The van der Waals surface area contributed by atoms with Crippen LogP contribution < -0.4 is 10.2 Å². The number of benzene rings is 2. The van der Waals surface area contributed by atoms with Crippen LogP contribution >= 0.6 is 0 Å². The van der Waals surface area contributed by atoms with Gasteiger partial charge in [-0.25, -0.2) is 38.2 Å². The van der Waals surface area contributed by atoms with Crippen LogP contribution in [0, 0.1) is 18.6 Å². The predicted molar refractivity (Wildman–Crippen MR) is 192 cm³/mol. The van der Waals surface area contributed by atoms with E-state index in [2.05, 4.69) is 25.0 Å². The zero-order valence-electron chi connectivity index (χ0n) is 29.5. The van der Waals surface area contributed by atoms with E-state index < -0.39 is 29.7 Å². The third-order valence-corrected chi connectivity index (χ3v) is 9.77. The molecule has 0 aliphatic carbocycles. The molecule has 1 saturated heterocycles. The lowest BCUT2D eigenvalue weighted by atomic mass is 10.1. The van der Waals surface area contributed by atoms with E-state index in [0.717, 1.165) is 40.2 Å². The number of para-hydroxylation sites is 1. The lowest BCUT2D eigenvalue weighted by Crippen LogP contribution is -2.47. The van der Waals surface area contributed by atoms with Crippen molar-refractivity contribution < 1.29 is 27.8 Å². The van der Waals surface area contributed by atoms with E-state index in [1.807, 2.05) is 48.2 Å². The molecule has 16 heteroatoms. The lowest BCUT2D eigenvalue weighted by molar-refractivity contribution is -0.132. The van der Waals surface area contributed by atoms with Gasteiger partial charge in [-0.1, -0.05) is 18.2 Å². The molecular weight excluding hydrogens is 686 g/mol. The van der Waals surface area contributed by atoms with E-state index in [9.17, 15) is 14.0 Å². The molecule has 14 nitrogen and oxygen atoms in total. The molecule has 2 aromatic carbocycles. The average Bonchev–Trinajstić information content (AvgIpc) is 3.85. The molecule has 8 rings (SSSR count). The van der Waals surface area contributed by atoms with Crippen molar-refractivity contribution in [2.75, 3.05) is 44.1 Å². The summed E-state index contributed by atoms with van der Waals surface area (Å²) in [6.07, 6.45) is 1.40. The molecule has 3 atom stereocenters. The first-order valence-corrected chi connectivity index (χ1v) is 17.3. The first kappa shape index (κ1) is 34.1. The number of rotatable bonds is 5. The van der Waals surface area contributed by atoms with Crippen LogP contribution in [0.5, 0.6) is 0 Å². The van der Waals surface area contributed by atoms with Gasteiger partial charge in [-0.3, -0.25) is 4.79 Å².